The van der Waals surface area contributed by atoms with Crippen LogP contribution in [0.1, 0.15) is 11.1 Å². The molecule has 0 spiro atoms. The Morgan fingerprint density at radius 1 is 1.30 bits per heavy atom. The molecule has 0 unspecified atom stereocenters. The van der Waals surface area contributed by atoms with Crippen LogP contribution in [-0.2, 0) is 5.75 Å². The van der Waals surface area contributed by atoms with E-state index in [1.807, 2.05) is 12.1 Å². The van der Waals surface area contributed by atoms with Crippen LogP contribution in [0, 0.1) is 17.1 Å². The fourth-order valence-electron chi connectivity index (χ4n) is 1.68. The second-order valence-electron chi connectivity index (χ2n) is 4.11. The zero-order valence-electron chi connectivity index (χ0n) is 10.9. The standard InChI is InChI=1S/C15H13FN2OS/c1-19-12-3-5-14(18)15(7-12)20-9-11-6-10(8-17)2-4-13(11)16/h2-7H,9,18H2,1H3. The van der Waals surface area contributed by atoms with Gasteiger partial charge in [0.15, 0.2) is 0 Å². The van der Waals surface area contributed by atoms with E-state index in [0.29, 0.717) is 28.3 Å². The van der Waals surface area contributed by atoms with Crippen molar-refractivity contribution in [1.29, 1.82) is 5.26 Å². The summed E-state index contributed by atoms with van der Waals surface area (Å²) in [4.78, 5) is 0.825. The normalized spacial score (nSPS) is 10.1. The molecule has 2 aromatic carbocycles. The third-order valence-electron chi connectivity index (χ3n) is 2.78. The van der Waals surface area contributed by atoms with Gasteiger partial charge in [-0.2, -0.15) is 5.26 Å². The number of methoxy groups -OCH3 is 1. The number of hydrogen-bond donors (Lipinski definition) is 1. The maximum absolute atomic E-state index is 13.7. The van der Waals surface area contributed by atoms with E-state index in [9.17, 15) is 4.39 Å². The van der Waals surface area contributed by atoms with Gasteiger partial charge in [-0.1, -0.05) is 0 Å². The third kappa shape index (κ3) is 3.22. The van der Waals surface area contributed by atoms with Gasteiger partial charge in [-0.25, -0.2) is 4.39 Å². The maximum Gasteiger partial charge on any atom is 0.127 e. The van der Waals surface area contributed by atoms with E-state index in [0.717, 1.165) is 4.90 Å². The molecule has 0 radical (unpaired) electrons. The van der Waals surface area contributed by atoms with Gasteiger partial charge in [0.1, 0.15) is 11.6 Å². The van der Waals surface area contributed by atoms with Gasteiger partial charge in [-0.3, -0.25) is 0 Å². The summed E-state index contributed by atoms with van der Waals surface area (Å²) in [5.74, 6) is 0.782. The quantitative estimate of drug-likeness (QED) is 0.690. The van der Waals surface area contributed by atoms with Gasteiger partial charge in [0.2, 0.25) is 0 Å². The topological polar surface area (TPSA) is 59.0 Å². The van der Waals surface area contributed by atoms with Crippen LogP contribution in [0.2, 0.25) is 0 Å². The maximum atomic E-state index is 13.7. The van der Waals surface area contributed by atoms with Crippen LogP contribution in [-0.4, -0.2) is 7.11 Å². The SMILES string of the molecule is COc1ccc(N)c(SCc2cc(C#N)ccc2F)c1. The van der Waals surface area contributed by atoms with Crippen LogP contribution < -0.4 is 10.5 Å². The van der Waals surface area contributed by atoms with Crippen LogP contribution in [0.15, 0.2) is 41.3 Å². The number of benzene rings is 2. The molecule has 0 aliphatic rings. The number of anilines is 1. The Morgan fingerprint density at radius 2 is 2.10 bits per heavy atom. The van der Waals surface area contributed by atoms with Gasteiger partial charge >= 0.3 is 0 Å². The highest BCUT2D eigenvalue weighted by atomic mass is 32.2. The number of halogens is 1. The van der Waals surface area contributed by atoms with Crippen molar-refractivity contribution in [3.05, 3.63) is 53.3 Å². The summed E-state index contributed by atoms with van der Waals surface area (Å²) < 4.78 is 18.8. The number of nitrogens with zero attached hydrogens (tertiary/aromatic N) is 1. The van der Waals surface area contributed by atoms with Crippen molar-refractivity contribution in [1.82, 2.24) is 0 Å². The molecule has 0 atom stereocenters. The summed E-state index contributed by atoms with van der Waals surface area (Å²) in [6.45, 7) is 0. The van der Waals surface area contributed by atoms with E-state index in [2.05, 4.69) is 0 Å². The molecule has 0 saturated heterocycles. The van der Waals surface area contributed by atoms with Crippen molar-refractivity contribution in [3.63, 3.8) is 0 Å². The lowest BCUT2D eigenvalue weighted by Gasteiger charge is -2.08. The predicted molar refractivity (Wildman–Crippen MR) is 78.1 cm³/mol. The molecule has 0 fully saturated rings. The van der Waals surface area contributed by atoms with Gasteiger partial charge in [-0.05, 0) is 42.0 Å². The summed E-state index contributed by atoms with van der Waals surface area (Å²) in [5.41, 5.74) is 7.43. The van der Waals surface area contributed by atoms with Crippen molar-refractivity contribution >= 4 is 17.4 Å². The zero-order valence-corrected chi connectivity index (χ0v) is 11.7. The molecule has 0 aliphatic heterocycles. The molecule has 2 N–H and O–H groups in total. The molecule has 0 heterocycles. The Morgan fingerprint density at radius 3 is 2.80 bits per heavy atom. The first kappa shape index (κ1) is 14.2. The average molecular weight is 288 g/mol. The lowest BCUT2D eigenvalue weighted by atomic mass is 10.1. The van der Waals surface area contributed by atoms with Crippen molar-refractivity contribution in [2.45, 2.75) is 10.6 Å². The highest BCUT2D eigenvalue weighted by Gasteiger charge is 2.07. The monoisotopic (exact) mass is 288 g/mol. The van der Waals surface area contributed by atoms with Gasteiger partial charge in [0, 0.05) is 16.3 Å². The fourth-order valence-corrected chi connectivity index (χ4v) is 2.64. The van der Waals surface area contributed by atoms with Gasteiger partial charge in [0.25, 0.3) is 0 Å². The molecule has 0 bridgehead atoms. The summed E-state index contributed by atoms with van der Waals surface area (Å²) in [6, 6.07) is 11.7. The minimum Gasteiger partial charge on any atom is -0.497 e. The number of nitrogen functional groups attached to an aromatic ring is 1. The van der Waals surface area contributed by atoms with Crippen LogP contribution in [0.3, 0.4) is 0 Å². The lowest BCUT2D eigenvalue weighted by molar-refractivity contribution is 0.414. The number of rotatable bonds is 4. The predicted octanol–water partition coefficient (Wildman–Crippen LogP) is 3.58. The van der Waals surface area contributed by atoms with E-state index >= 15 is 0 Å². The fraction of sp³-hybridized carbons (Fsp3) is 0.133. The van der Waals surface area contributed by atoms with Crippen molar-refractivity contribution in [2.24, 2.45) is 0 Å². The van der Waals surface area contributed by atoms with Crippen LogP contribution in [0.5, 0.6) is 5.75 Å². The Balaban J connectivity index is 2.18. The van der Waals surface area contributed by atoms with E-state index in [-0.39, 0.29) is 5.82 Å². The van der Waals surface area contributed by atoms with Crippen molar-refractivity contribution in [3.8, 4) is 11.8 Å². The van der Waals surface area contributed by atoms with E-state index in [4.69, 9.17) is 15.7 Å². The largest absolute Gasteiger partial charge is 0.497 e. The molecular formula is C15H13FN2OS. The Bertz CT molecular complexity index is 667. The minimum atomic E-state index is -0.321. The number of hydrogen-bond acceptors (Lipinski definition) is 4. The molecule has 20 heavy (non-hydrogen) atoms. The molecule has 0 aliphatic carbocycles. The van der Waals surface area contributed by atoms with Crippen LogP contribution >= 0.6 is 11.8 Å². The van der Waals surface area contributed by atoms with Gasteiger partial charge in [0.05, 0.1) is 18.7 Å². The van der Waals surface area contributed by atoms with Gasteiger partial charge < -0.3 is 10.5 Å². The summed E-state index contributed by atoms with van der Waals surface area (Å²) in [7, 11) is 1.58. The molecular weight excluding hydrogens is 275 g/mol. The molecule has 2 rings (SSSR count). The van der Waals surface area contributed by atoms with E-state index < -0.39 is 0 Å². The molecule has 0 amide bonds. The van der Waals surface area contributed by atoms with Crippen molar-refractivity contribution < 1.29 is 9.13 Å². The van der Waals surface area contributed by atoms with E-state index in [1.54, 1.807) is 25.3 Å². The highest BCUT2D eigenvalue weighted by Crippen LogP contribution is 2.32. The molecule has 3 nitrogen and oxygen atoms in total. The number of nitrogens with two attached hydrogens (primary N) is 1. The highest BCUT2D eigenvalue weighted by molar-refractivity contribution is 7.98. The Hall–Kier alpha value is -2.19. The minimum absolute atomic E-state index is 0.321. The first-order valence-electron chi connectivity index (χ1n) is 5.89. The van der Waals surface area contributed by atoms with Gasteiger partial charge in [-0.15, -0.1) is 11.8 Å². The Kier molecular flexibility index (Phi) is 4.49. The molecule has 5 heteroatoms. The second-order valence-corrected chi connectivity index (χ2v) is 5.13. The summed E-state index contributed by atoms with van der Waals surface area (Å²) in [5, 5.41) is 8.83. The Labute approximate surface area is 121 Å². The van der Waals surface area contributed by atoms with Crippen molar-refractivity contribution in [2.75, 3.05) is 12.8 Å². The molecule has 102 valence electrons. The first-order valence-corrected chi connectivity index (χ1v) is 6.87. The smallest absolute Gasteiger partial charge is 0.127 e. The molecule has 0 saturated carbocycles. The van der Waals surface area contributed by atoms with E-state index in [1.165, 1.54) is 23.9 Å². The van der Waals surface area contributed by atoms with Crippen LogP contribution in [0.4, 0.5) is 10.1 Å². The number of thioether (sulfide) groups is 1. The zero-order chi connectivity index (χ0) is 14.5. The number of ether oxygens (including phenoxy) is 1. The van der Waals surface area contributed by atoms with Crippen LogP contribution in [0.25, 0.3) is 0 Å². The second kappa shape index (κ2) is 6.31. The molecule has 0 aromatic heterocycles. The average Bonchev–Trinajstić information content (AvgIpc) is 2.48. The third-order valence-corrected chi connectivity index (χ3v) is 3.90. The first-order chi connectivity index (χ1) is 9.63. The number of nitriles is 1. The summed E-state index contributed by atoms with van der Waals surface area (Å²) in [6.07, 6.45) is 0. The lowest BCUT2D eigenvalue weighted by Crippen LogP contribution is -1.93. The summed E-state index contributed by atoms with van der Waals surface area (Å²) >= 11 is 1.41. The molecule has 2 aromatic rings.